The van der Waals surface area contributed by atoms with Crippen molar-refractivity contribution in [3.8, 4) is 22.9 Å². The summed E-state index contributed by atoms with van der Waals surface area (Å²) in [6, 6.07) is 10.8. The molecule has 0 fully saturated rings. The number of hydrogen-bond acceptors (Lipinski definition) is 3. The molecule has 3 heteroatoms. The van der Waals surface area contributed by atoms with Crippen LogP contribution in [0.1, 0.15) is 5.56 Å². The Labute approximate surface area is 87.3 Å². The summed E-state index contributed by atoms with van der Waals surface area (Å²) in [7, 11) is 0. The molecule has 0 radical (unpaired) electrons. The van der Waals surface area contributed by atoms with Crippen molar-refractivity contribution < 1.29 is 5.11 Å². The fourth-order valence-electron chi connectivity index (χ4n) is 1.32. The largest absolute Gasteiger partial charge is 0.506 e. The van der Waals surface area contributed by atoms with E-state index in [0.29, 0.717) is 5.56 Å². The van der Waals surface area contributed by atoms with Gasteiger partial charge in [0.2, 0.25) is 0 Å². The molecule has 0 amide bonds. The number of aromatic hydroxyl groups is 1. The number of pyridine rings is 1. The zero-order valence-electron chi connectivity index (χ0n) is 7.88. The highest BCUT2D eigenvalue weighted by atomic mass is 16.3. The highest BCUT2D eigenvalue weighted by molar-refractivity contribution is 5.64. The molecule has 15 heavy (non-hydrogen) atoms. The third kappa shape index (κ3) is 1.94. The molecular weight excluding hydrogens is 188 g/mol. The van der Waals surface area contributed by atoms with Crippen molar-refractivity contribution in [3.05, 3.63) is 48.3 Å². The molecule has 0 aliphatic heterocycles. The maximum absolute atomic E-state index is 9.26. The third-order valence-electron chi connectivity index (χ3n) is 2.07. The van der Waals surface area contributed by atoms with E-state index < -0.39 is 0 Å². The van der Waals surface area contributed by atoms with Crippen LogP contribution in [0.2, 0.25) is 0 Å². The van der Waals surface area contributed by atoms with Crippen LogP contribution >= 0.6 is 0 Å². The molecular formula is C12H8N2O. The lowest BCUT2D eigenvalue weighted by molar-refractivity contribution is 0.473. The van der Waals surface area contributed by atoms with Gasteiger partial charge in [-0.15, -0.1) is 0 Å². The Morgan fingerprint density at radius 2 is 1.80 bits per heavy atom. The Balaban J connectivity index is 2.42. The monoisotopic (exact) mass is 196 g/mol. The number of nitriles is 1. The van der Waals surface area contributed by atoms with Crippen molar-refractivity contribution in [3.63, 3.8) is 0 Å². The van der Waals surface area contributed by atoms with Crippen LogP contribution in [-0.4, -0.2) is 10.1 Å². The molecule has 0 saturated carbocycles. The van der Waals surface area contributed by atoms with Crippen LogP contribution < -0.4 is 0 Å². The van der Waals surface area contributed by atoms with Crippen LogP contribution in [0.4, 0.5) is 0 Å². The smallest absolute Gasteiger partial charge is 0.134 e. The number of aromatic nitrogens is 1. The predicted molar refractivity (Wildman–Crippen MR) is 56.1 cm³/mol. The van der Waals surface area contributed by atoms with Crippen LogP contribution in [0.15, 0.2) is 42.7 Å². The van der Waals surface area contributed by atoms with Gasteiger partial charge in [0, 0.05) is 11.8 Å². The van der Waals surface area contributed by atoms with Crippen molar-refractivity contribution in [1.29, 1.82) is 5.26 Å². The maximum Gasteiger partial charge on any atom is 0.134 e. The highest BCUT2D eigenvalue weighted by Gasteiger charge is 1.99. The number of nitrogens with zero attached hydrogens (tertiary/aromatic N) is 2. The first kappa shape index (κ1) is 9.22. The van der Waals surface area contributed by atoms with E-state index >= 15 is 0 Å². The van der Waals surface area contributed by atoms with E-state index in [4.69, 9.17) is 5.26 Å². The lowest BCUT2D eigenvalue weighted by atomic mass is 10.1. The van der Waals surface area contributed by atoms with E-state index in [1.54, 1.807) is 24.4 Å². The standard InChI is InChI=1S/C12H8N2O/c13-6-9-1-3-10(4-2-9)11-5-12(15)8-14-7-11/h1-5,7-8,15H. The molecule has 3 nitrogen and oxygen atoms in total. The first-order valence-corrected chi connectivity index (χ1v) is 4.44. The lowest BCUT2D eigenvalue weighted by Crippen LogP contribution is -1.80. The van der Waals surface area contributed by atoms with Crippen molar-refractivity contribution in [2.24, 2.45) is 0 Å². The average molecular weight is 196 g/mol. The predicted octanol–water partition coefficient (Wildman–Crippen LogP) is 2.33. The molecule has 72 valence electrons. The van der Waals surface area contributed by atoms with Gasteiger partial charge in [0.1, 0.15) is 5.75 Å². The average Bonchev–Trinajstić information content (AvgIpc) is 2.29. The molecule has 0 bridgehead atoms. The van der Waals surface area contributed by atoms with Crippen molar-refractivity contribution in [1.82, 2.24) is 4.98 Å². The van der Waals surface area contributed by atoms with E-state index in [-0.39, 0.29) is 5.75 Å². The van der Waals surface area contributed by atoms with Gasteiger partial charge in [0.25, 0.3) is 0 Å². The Hall–Kier alpha value is -2.34. The van der Waals surface area contributed by atoms with Gasteiger partial charge in [0.05, 0.1) is 17.8 Å². The molecule has 0 aliphatic carbocycles. The quantitative estimate of drug-likeness (QED) is 0.761. The summed E-state index contributed by atoms with van der Waals surface area (Å²) in [5, 5.41) is 17.9. The van der Waals surface area contributed by atoms with Gasteiger partial charge in [-0.1, -0.05) is 12.1 Å². The van der Waals surface area contributed by atoms with Crippen LogP contribution in [-0.2, 0) is 0 Å². The second kappa shape index (κ2) is 3.81. The molecule has 2 rings (SSSR count). The van der Waals surface area contributed by atoms with Crippen LogP contribution in [0.25, 0.3) is 11.1 Å². The highest BCUT2D eigenvalue weighted by Crippen LogP contribution is 2.21. The minimum absolute atomic E-state index is 0.136. The second-order valence-corrected chi connectivity index (χ2v) is 3.12. The van der Waals surface area contributed by atoms with Gasteiger partial charge in [-0.25, -0.2) is 0 Å². The lowest BCUT2D eigenvalue weighted by Gasteiger charge is -2.01. The van der Waals surface area contributed by atoms with Crippen molar-refractivity contribution >= 4 is 0 Å². The van der Waals surface area contributed by atoms with E-state index in [1.165, 1.54) is 6.20 Å². The molecule has 0 atom stereocenters. The molecule has 0 spiro atoms. The Bertz CT molecular complexity index is 512. The van der Waals surface area contributed by atoms with Gasteiger partial charge in [-0.05, 0) is 23.8 Å². The second-order valence-electron chi connectivity index (χ2n) is 3.12. The van der Waals surface area contributed by atoms with E-state index in [0.717, 1.165) is 11.1 Å². The summed E-state index contributed by atoms with van der Waals surface area (Å²) in [6.07, 6.45) is 3.05. The van der Waals surface area contributed by atoms with Crippen LogP contribution in [0.3, 0.4) is 0 Å². The summed E-state index contributed by atoms with van der Waals surface area (Å²) in [6.45, 7) is 0. The van der Waals surface area contributed by atoms with Crippen LogP contribution in [0.5, 0.6) is 5.75 Å². The minimum atomic E-state index is 0.136. The topological polar surface area (TPSA) is 56.9 Å². The Morgan fingerprint density at radius 3 is 2.40 bits per heavy atom. The van der Waals surface area contributed by atoms with E-state index in [1.807, 2.05) is 12.1 Å². The zero-order chi connectivity index (χ0) is 10.7. The van der Waals surface area contributed by atoms with Crippen LogP contribution in [0, 0.1) is 11.3 Å². The number of hydrogen-bond donors (Lipinski definition) is 1. The molecule has 1 N–H and O–H groups in total. The van der Waals surface area contributed by atoms with Gasteiger partial charge >= 0.3 is 0 Å². The summed E-state index contributed by atoms with van der Waals surface area (Å²) in [5.74, 6) is 0.136. The summed E-state index contributed by atoms with van der Waals surface area (Å²) in [4.78, 5) is 3.89. The Kier molecular flexibility index (Phi) is 2.34. The summed E-state index contributed by atoms with van der Waals surface area (Å²) >= 11 is 0. The first-order chi connectivity index (χ1) is 7.29. The normalized spacial score (nSPS) is 9.53. The third-order valence-corrected chi connectivity index (χ3v) is 2.07. The minimum Gasteiger partial charge on any atom is -0.506 e. The molecule has 2 aromatic rings. The molecule has 1 aromatic carbocycles. The zero-order valence-corrected chi connectivity index (χ0v) is 7.88. The van der Waals surface area contributed by atoms with E-state index in [2.05, 4.69) is 11.1 Å². The first-order valence-electron chi connectivity index (χ1n) is 4.44. The molecule has 0 saturated heterocycles. The number of rotatable bonds is 1. The number of benzene rings is 1. The van der Waals surface area contributed by atoms with Gasteiger partial charge < -0.3 is 5.11 Å². The van der Waals surface area contributed by atoms with Gasteiger partial charge in [-0.3, -0.25) is 4.98 Å². The Morgan fingerprint density at radius 1 is 1.07 bits per heavy atom. The SMILES string of the molecule is N#Cc1ccc(-c2cncc(O)c2)cc1. The summed E-state index contributed by atoms with van der Waals surface area (Å²) in [5.41, 5.74) is 2.38. The van der Waals surface area contributed by atoms with Gasteiger partial charge in [0.15, 0.2) is 0 Å². The van der Waals surface area contributed by atoms with Crippen molar-refractivity contribution in [2.75, 3.05) is 0 Å². The molecule has 1 aromatic heterocycles. The maximum atomic E-state index is 9.26. The summed E-state index contributed by atoms with van der Waals surface area (Å²) < 4.78 is 0. The van der Waals surface area contributed by atoms with Gasteiger partial charge in [-0.2, -0.15) is 5.26 Å². The molecule has 0 aliphatic rings. The van der Waals surface area contributed by atoms with E-state index in [9.17, 15) is 5.11 Å². The molecule has 0 unspecified atom stereocenters. The van der Waals surface area contributed by atoms with Crippen molar-refractivity contribution in [2.45, 2.75) is 0 Å². The fraction of sp³-hybridized carbons (Fsp3) is 0. The fourth-order valence-corrected chi connectivity index (χ4v) is 1.32. The molecule has 1 heterocycles.